The molecule has 0 aliphatic heterocycles. The summed E-state index contributed by atoms with van der Waals surface area (Å²) in [5.74, 6) is 0.477. The number of hydrogen-bond donors (Lipinski definition) is 2. The van der Waals surface area contributed by atoms with Gasteiger partial charge in [-0.1, -0.05) is 26.0 Å². The van der Waals surface area contributed by atoms with Gasteiger partial charge in [-0.15, -0.1) is 0 Å². The summed E-state index contributed by atoms with van der Waals surface area (Å²) in [7, 11) is 0. The molecule has 0 saturated heterocycles. The van der Waals surface area contributed by atoms with Crippen molar-refractivity contribution < 1.29 is 5.21 Å². The molecule has 19 heavy (non-hydrogen) atoms. The van der Waals surface area contributed by atoms with Gasteiger partial charge >= 0.3 is 0 Å². The van der Waals surface area contributed by atoms with Crippen LogP contribution in [0.3, 0.4) is 0 Å². The van der Waals surface area contributed by atoms with Crippen LogP contribution in [0, 0.1) is 5.92 Å². The first-order valence-electron chi connectivity index (χ1n) is 6.48. The van der Waals surface area contributed by atoms with Gasteiger partial charge in [-0.2, -0.15) is 5.48 Å². The van der Waals surface area contributed by atoms with E-state index in [-0.39, 0.29) is 6.04 Å². The van der Waals surface area contributed by atoms with Crippen molar-refractivity contribution in [3.05, 3.63) is 48.3 Å². The maximum Gasteiger partial charge on any atom is 0.0890 e. The number of rotatable bonds is 5. The summed E-state index contributed by atoms with van der Waals surface area (Å²) in [6, 6.07) is 11.4. The fourth-order valence-electron chi connectivity index (χ4n) is 2.01. The van der Waals surface area contributed by atoms with Crippen molar-refractivity contribution >= 4 is 0 Å². The molecule has 1 unspecified atom stereocenters. The molecule has 1 atom stereocenters. The van der Waals surface area contributed by atoms with Crippen molar-refractivity contribution in [2.75, 3.05) is 0 Å². The second kappa shape index (κ2) is 6.41. The first-order chi connectivity index (χ1) is 9.20. The SMILES string of the molecule is CC(C)CC(NO)c1cccc(-c2ccccn2)n1. The highest BCUT2D eigenvalue weighted by Crippen LogP contribution is 2.22. The van der Waals surface area contributed by atoms with E-state index in [1.165, 1.54) is 0 Å². The Balaban J connectivity index is 2.28. The smallest absolute Gasteiger partial charge is 0.0890 e. The number of nitrogens with zero attached hydrogens (tertiary/aromatic N) is 2. The standard InChI is InChI=1S/C15H19N3O/c1-11(2)10-15(18-19)14-8-5-7-13(17-14)12-6-3-4-9-16-12/h3-9,11,15,18-19H,10H2,1-2H3. The van der Waals surface area contributed by atoms with Crippen molar-refractivity contribution in [3.8, 4) is 11.4 Å². The van der Waals surface area contributed by atoms with Crippen LogP contribution in [-0.4, -0.2) is 15.2 Å². The largest absolute Gasteiger partial charge is 0.316 e. The van der Waals surface area contributed by atoms with Crippen molar-refractivity contribution in [3.63, 3.8) is 0 Å². The Morgan fingerprint density at radius 1 is 1.11 bits per heavy atom. The molecule has 0 aromatic carbocycles. The van der Waals surface area contributed by atoms with E-state index in [0.29, 0.717) is 5.92 Å². The Bertz CT molecular complexity index is 514. The third kappa shape index (κ3) is 3.59. The normalized spacial score (nSPS) is 12.6. The van der Waals surface area contributed by atoms with E-state index in [1.807, 2.05) is 36.4 Å². The van der Waals surface area contributed by atoms with E-state index in [9.17, 15) is 5.21 Å². The summed E-state index contributed by atoms with van der Waals surface area (Å²) in [6.45, 7) is 4.24. The number of pyridine rings is 2. The van der Waals surface area contributed by atoms with Crippen LogP contribution in [0.1, 0.15) is 32.0 Å². The van der Waals surface area contributed by atoms with E-state index in [0.717, 1.165) is 23.5 Å². The second-order valence-corrected chi connectivity index (χ2v) is 4.97. The van der Waals surface area contributed by atoms with Crippen LogP contribution < -0.4 is 5.48 Å². The second-order valence-electron chi connectivity index (χ2n) is 4.97. The zero-order valence-corrected chi connectivity index (χ0v) is 11.2. The van der Waals surface area contributed by atoms with Gasteiger partial charge in [0.1, 0.15) is 0 Å². The average Bonchev–Trinajstić information content (AvgIpc) is 2.45. The molecule has 2 aromatic heterocycles. The average molecular weight is 257 g/mol. The number of aromatic nitrogens is 2. The minimum Gasteiger partial charge on any atom is -0.316 e. The van der Waals surface area contributed by atoms with Crippen molar-refractivity contribution in [1.82, 2.24) is 15.4 Å². The molecule has 0 amide bonds. The molecular weight excluding hydrogens is 238 g/mol. The Hall–Kier alpha value is -1.78. The van der Waals surface area contributed by atoms with Crippen LogP contribution in [0.25, 0.3) is 11.4 Å². The summed E-state index contributed by atoms with van der Waals surface area (Å²) >= 11 is 0. The lowest BCUT2D eigenvalue weighted by atomic mass is 10.0. The Morgan fingerprint density at radius 3 is 2.53 bits per heavy atom. The number of nitrogens with one attached hydrogen (secondary N) is 1. The van der Waals surface area contributed by atoms with E-state index in [2.05, 4.69) is 29.3 Å². The molecule has 0 fully saturated rings. The topological polar surface area (TPSA) is 58.0 Å². The van der Waals surface area contributed by atoms with Gasteiger partial charge in [0.05, 0.1) is 23.1 Å². The monoisotopic (exact) mass is 257 g/mol. The van der Waals surface area contributed by atoms with Gasteiger partial charge in [-0.3, -0.25) is 4.98 Å². The van der Waals surface area contributed by atoms with Crippen LogP contribution in [0.15, 0.2) is 42.6 Å². The quantitative estimate of drug-likeness (QED) is 0.807. The highest BCUT2D eigenvalue weighted by Gasteiger charge is 2.14. The van der Waals surface area contributed by atoms with Crippen molar-refractivity contribution in [1.29, 1.82) is 0 Å². The summed E-state index contributed by atoms with van der Waals surface area (Å²) in [5, 5.41) is 9.28. The summed E-state index contributed by atoms with van der Waals surface area (Å²) < 4.78 is 0. The van der Waals surface area contributed by atoms with Crippen LogP contribution in [-0.2, 0) is 0 Å². The molecule has 2 aromatic rings. The number of hydrogen-bond acceptors (Lipinski definition) is 4. The molecule has 0 bridgehead atoms. The molecule has 2 rings (SSSR count). The maximum absolute atomic E-state index is 9.28. The molecule has 0 aliphatic carbocycles. The fraction of sp³-hybridized carbons (Fsp3) is 0.333. The predicted octanol–water partition coefficient (Wildman–Crippen LogP) is 3.21. The van der Waals surface area contributed by atoms with Gasteiger partial charge in [0.2, 0.25) is 0 Å². The van der Waals surface area contributed by atoms with Crippen molar-refractivity contribution in [2.45, 2.75) is 26.3 Å². The molecule has 2 heterocycles. The predicted molar refractivity (Wildman–Crippen MR) is 74.6 cm³/mol. The van der Waals surface area contributed by atoms with E-state index in [4.69, 9.17) is 0 Å². The zero-order valence-electron chi connectivity index (χ0n) is 11.2. The van der Waals surface area contributed by atoms with Crippen LogP contribution in [0.5, 0.6) is 0 Å². The molecule has 0 aliphatic rings. The van der Waals surface area contributed by atoms with E-state index in [1.54, 1.807) is 6.20 Å². The molecular formula is C15H19N3O. The Labute approximate surface area is 113 Å². The van der Waals surface area contributed by atoms with Crippen LogP contribution in [0.2, 0.25) is 0 Å². The summed E-state index contributed by atoms with van der Waals surface area (Å²) in [6.07, 6.45) is 2.58. The molecule has 0 radical (unpaired) electrons. The third-order valence-corrected chi connectivity index (χ3v) is 2.92. The van der Waals surface area contributed by atoms with Gasteiger partial charge in [0, 0.05) is 6.20 Å². The van der Waals surface area contributed by atoms with E-state index >= 15 is 0 Å². The van der Waals surface area contributed by atoms with Crippen LogP contribution in [0.4, 0.5) is 0 Å². The minimum atomic E-state index is -0.149. The lowest BCUT2D eigenvalue weighted by Gasteiger charge is -2.17. The van der Waals surface area contributed by atoms with Gasteiger partial charge in [0.15, 0.2) is 0 Å². The molecule has 0 spiro atoms. The lowest BCUT2D eigenvalue weighted by Crippen LogP contribution is -2.20. The Morgan fingerprint density at radius 2 is 1.89 bits per heavy atom. The highest BCUT2D eigenvalue weighted by atomic mass is 16.5. The Kier molecular flexibility index (Phi) is 4.60. The van der Waals surface area contributed by atoms with Gasteiger partial charge in [-0.05, 0) is 36.6 Å². The maximum atomic E-state index is 9.28. The first-order valence-corrected chi connectivity index (χ1v) is 6.48. The molecule has 0 saturated carbocycles. The van der Waals surface area contributed by atoms with E-state index < -0.39 is 0 Å². The summed E-state index contributed by atoms with van der Waals surface area (Å²) in [4.78, 5) is 8.87. The van der Waals surface area contributed by atoms with Crippen LogP contribution >= 0.6 is 0 Å². The fourth-order valence-corrected chi connectivity index (χ4v) is 2.01. The first kappa shape index (κ1) is 13.6. The van der Waals surface area contributed by atoms with Gasteiger partial charge in [0.25, 0.3) is 0 Å². The van der Waals surface area contributed by atoms with Crippen molar-refractivity contribution in [2.24, 2.45) is 5.92 Å². The summed E-state index contributed by atoms with van der Waals surface area (Å²) in [5.41, 5.74) is 4.84. The molecule has 2 N–H and O–H groups in total. The number of hydroxylamine groups is 1. The molecule has 4 heteroatoms. The molecule has 4 nitrogen and oxygen atoms in total. The lowest BCUT2D eigenvalue weighted by molar-refractivity contribution is 0.114. The van der Waals surface area contributed by atoms with Gasteiger partial charge < -0.3 is 5.21 Å². The minimum absolute atomic E-state index is 0.149. The zero-order chi connectivity index (χ0) is 13.7. The third-order valence-electron chi connectivity index (χ3n) is 2.92. The van der Waals surface area contributed by atoms with Gasteiger partial charge in [-0.25, -0.2) is 4.98 Å². The highest BCUT2D eigenvalue weighted by molar-refractivity contribution is 5.53. The molecule has 100 valence electrons.